The molecule has 1 aromatic carbocycles. The van der Waals surface area contributed by atoms with Gasteiger partial charge in [-0.1, -0.05) is 23.7 Å². The van der Waals surface area contributed by atoms with Crippen molar-refractivity contribution in [3.63, 3.8) is 0 Å². The molecule has 26 heavy (non-hydrogen) atoms. The third-order valence-electron chi connectivity index (χ3n) is 4.37. The predicted molar refractivity (Wildman–Crippen MR) is 93.5 cm³/mol. The first kappa shape index (κ1) is 18.8. The van der Waals surface area contributed by atoms with E-state index in [0.717, 1.165) is 10.2 Å². The number of carbonyl (C=O) groups excluding carboxylic acids is 1. The smallest absolute Gasteiger partial charge is 0.274 e. The van der Waals surface area contributed by atoms with E-state index in [0.29, 0.717) is 18.2 Å². The summed E-state index contributed by atoms with van der Waals surface area (Å²) >= 11 is 6.05. The molecule has 1 aromatic heterocycles. The number of halogens is 3. The van der Waals surface area contributed by atoms with Gasteiger partial charge in [0.1, 0.15) is 18.3 Å². The minimum atomic E-state index is -2.52. The molecule has 8 heteroatoms. The number of ether oxygens (including phenoxy) is 1. The number of alkyl halides is 2. The Morgan fingerprint density at radius 1 is 1.42 bits per heavy atom. The molecule has 0 saturated carbocycles. The van der Waals surface area contributed by atoms with Gasteiger partial charge in [0.2, 0.25) is 0 Å². The average molecular weight is 384 g/mol. The maximum absolute atomic E-state index is 12.9. The normalized spacial score (nSPS) is 19.8. The minimum absolute atomic E-state index is 0.144. The molecule has 2 aromatic rings. The van der Waals surface area contributed by atoms with Crippen molar-refractivity contribution in [1.82, 2.24) is 14.7 Å². The highest BCUT2D eigenvalue weighted by molar-refractivity contribution is 6.30. The summed E-state index contributed by atoms with van der Waals surface area (Å²) < 4.78 is 32.0. The zero-order chi connectivity index (χ0) is 18.9. The Bertz CT molecular complexity index is 794. The molecule has 0 spiro atoms. The summed E-state index contributed by atoms with van der Waals surface area (Å²) in [6.07, 6.45) is -1.44. The zero-order valence-corrected chi connectivity index (χ0v) is 15.3. The topological polar surface area (TPSA) is 47.4 Å². The molecule has 3 rings (SSSR count). The van der Waals surface area contributed by atoms with Crippen molar-refractivity contribution in [3.05, 3.63) is 52.8 Å². The lowest BCUT2D eigenvalue weighted by atomic mass is 9.97. The quantitative estimate of drug-likeness (QED) is 0.807. The SMILES string of the molecule is CC1(C)COC(c2cccc(Cl)c2)CN1C(=O)c1ccn(CC(F)F)n1. The van der Waals surface area contributed by atoms with Gasteiger partial charge in [0.15, 0.2) is 0 Å². The first-order valence-electron chi connectivity index (χ1n) is 8.27. The summed E-state index contributed by atoms with van der Waals surface area (Å²) in [4.78, 5) is 14.6. The van der Waals surface area contributed by atoms with Crippen LogP contribution in [0.1, 0.15) is 36.0 Å². The molecule has 140 valence electrons. The lowest BCUT2D eigenvalue weighted by molar-refractivity contribution is -0.0848. The summed E-state index contributed by atoms with van der Waals surface area (Å²) in [6.45, 7) is 3.93. The third-order valence-corrected chi connectivity index (χ3v) is 4.60. The monoisotopic (exact) mass is 383 g/mol. The van der Waals surface area contributed by atoms with Gasteiger partial charge in [0.25, 0.3) is 12.3 Å². The van der Waals surface area contributed by atoms with Crippen molar-refractivity contribution in [2.45, 2.75) is 38.5 Å². The second-order valence-corrected chi connectivity index (χ2v) is 7.33. The second kappa shape index (κ2) is 7.32. The fourth-order valence-electron chi connectivity index (χ4n) is 2.97. The first-order chi connectivity index (χ1) is 12.3. The molecule has 0 aliphatic carbocycles. The highest BCUT2D eigenvalue weighted by atomic mass is 35.5. The van der Waals surface area contributed by atoms with Crippen LogP contribution < -0.4 is 0 Å². The van der Waals surface area contributed by atoms with Gasteiger partial charge < -0.3 is 9.64 Å². The number of carbonyl (C=O) groups is 1. The van der Waals surface area contributed by atoms with Gasteiger partial charge in [0, 0.05) is 11.2 Å². The molecule has 2 heterocycles. The fraction of sp³-hybridized carbons (Fsp3) is 0.444. The van der Waals surface area contributed by atoms with E-state index in [2.05, 4.69) is 5.10 Å². The highest BCUT2D eigenvalue weighted by Crippen LogP contribution is 2.32. The molecule has 1 aliphatic heterocycles. The van der Waals surface area contributed by atoms with E-state index in [1.807, 2.05) is 32.0 Å². The van der Waals surface area contributed by atoms with E-state index in [1.165, 1.54) is 12.3 Å². The van der Waals surface area contributed by atoms with Crippen LogP contribution in [0.4, 0.5) is 8.78 Å². The van der Waals surface area contributed by atoms with Crippen molar-refractivity contribution >= 4 is 17.5 Å². The minimum Gasteiger partial charge on any atom is -0.369 e. The average Bonchev–Trinajstić information content (AvgIpc) is 3.01. The molecule has 1 saturated heterocycles. The van der Waals surface area contributed by atoms with Crippen molar-refractivity contribution < 1.29 is 18.3 Å². The Hall–Kier alpha value is -1.99. The molecule has 1 atom stereocenters. The van der Waals surface area contributed by atoms with E-state index < -0.39 is 18.5 Å². The van der Waals surface area contributed by atoms with E-state index >= 15 is 0 Å². The van der Waals surface area contributed by atoms with Gasteiger partial charge in [0.05, 0.1) is 18.7 Å². The van der Waals surface area contributed by atoms with E-state index in [-0.39, 0.29) is 17.7 Å². The van der Waals surface area contributed by atoms with Gasteiger partial charge in [-0.2, -0.15) is 5.10 Å². The number of hydrogen-bond acceptors (Lipinski definition) is 3. The molecular weight excluding hydrogens is 364 g/mol. The van der Waals surface area contributed by atoms with Gasteiger partial charge >= 0.3 is 0 Å². The molecule has 5 nitrogen and oxygen atoms in total. The Morgan fingerprint density at radius 2 is 2.19 bits per heavy atom. The first-order valence-corrected chi connectivity index (χ1v) is 8.65. The molecule has 0 radical (unpaired) electrons. The largest absolute Gasteiger partial charge is 0.369 e. The molecular formula is C18H20ClF2N3O2. The summed E-state index contributed by atoms with van der Waals surface area (Å²) in [7, 11) is 0. The van der Waals surface area contributed by atoms with Gasteiger partial charge in [-0.15, -0.1) is 0 Å². The summed E-state index contributed by atoms with van der Waals surface area (Å²) in [5.74, 6) is -0.307. The van der Waals surface area contributed by atoms with E-state index in [4.69, 9.17) is 16.3 Å². The number of benzene rings is 1. The Morgan fingerprint density at radius 3 is 2.88 bits per heavy atom. The number of rotatable bonds is 4. The van der Waals surface area contributed by atoms with Crippen LogP contribution in [-0.4, -0.2) is 45.7 Å². The van der Waals surface area contributed by atoms with Crippen LogP contribution in [0.15, 0.2) is 36.5 Å². The molecule has 1 aliphatic rings. The van der Waals surface area contributed by atoms with Crippen LogP contribution >= 0.6 is 11.6 Å². The maximum atomic E-state index is 12.9. The van der Waals surface area contributed by atoms with E-state index in [1.54, 1.807) is 11.0 Å². The maximum Gasteiger partial charge on any atom is 0.274 e. The van der Waals surface area contributed by atoms with Crippen molar-refractivity contribution in [1.29, 1.82) is 0 Å². The zero-order valence-electron chi connectivity index (χ0n) is 14.5. The molecule has 0 bridgehead atoms. The summed E-state index contributed by atoms with van der Waals surface area (Å²) in [5, 5.41) is 4.58. The summed E-state index contributed by atoms with van der Waals surface area (Å²) in [5.41, 5.74) is 0.484. The van der Waals surface area contributed by atoms with Crippen LogP contribution in [-0.2, 0) is 11.3 Å². The Labute approximate surface area is 155 Å². The molecule has 1 unspecified atom stereocenters. The molecule has 0 N–H and O–H groups in total. The highest BCUT2D eigenvalue weighted by Gasteiger charge is 2.39. The van der Waals surface area contributed by atoms with Crippen LogP contribution in [0.3, 0.4) is 0 Å². The lowest BCUT2D eigenvalue weighted by Gasteiger charge is -2.45. The Kier molecular flexibility index (Phi) is 5.29. The van der Waals surface area contributed by atoms with Crippen LogP contribution in [0.2, 0.25) is 5.02 Å². The predicted octanol–water partition coefficient (Wildman–Crippen LogP) is 3.79. The standard InChI is InChI=1S/C18H20ClF2N3O2/c1-18(2)11-26-15(12-4-3-5-13(19)8-12)9-24(18)17(25)14-6-7-23(22-14)10-16(20)21/h3-8,15-16H,9-11H2,1-2H3. The van der Waals surface area contributed by atoms with Crippen LogP contribution in [0.5, 0.6) is 0 Å². The number of morpholine rings is 1. The van der Waals surface area contributed by atoms with Crippen molar-refractivity contribution in [2.75, 3.05) is 13.2 Å². The lowest BCUT2D eigenvalue weighted by Crippen LogP contribution is -2.56. The molecule has 1 amide bonds. The number of amides is 1. The fourth-order valence-corrected chi connectivity index (χ4v) is 3.17. The number of aromatic nitrogens is 2. The Balaban J connectivity index is 1.81. The second-order valence-electron chi connectivity index (χ2n) is 6.90. The third kappa shape index (κ3) is 4.04. The van der Waals surface area contributed by atoms with Gasteiger partial charge in [-0.3, -0.25) is 9.48 Å². The number of nitrogens with zero attached hydrogens (tertiary/aromatic N) is 3. The summed E-state index contributed by atoms with van der Waals surface area (Å²) in [6, 6.07) is 8.78. The van der Waals surface area contributed by atoms with Crippen LogP contribution in [0.25, 0.3) is 0 Å². The van der Waals surface area contributed by atoms with Crippen LogP contribution in [0, 0.1) is 0 Å². The van der Waals surface area contributed by atoms with Crippen molar-refractivity contribution in [2.24, 2.45) is 0 Å². The van der Waals surface area contributed by atoms with Gasteiger partial charge in [-0.25, -0.2) is 8.78 Å². The van der Waals surface area contributed by atoms with Crippen molar-refractivity contribution in [3.8, 4) is 0 Å². The number of hydrogen-bond donors (Lipinski definition) is 0. The molecule has 1 fully saturated rings. The van der Waals surface area contributed by atoms with E-state index in [9.17, 15) is 13.6 Å². The van der Waals surface area contributed by atoms with Gasteiger partial charge in [-0.05, 0) is 37.6 Å².